The minimum atomic E-state index is -0.542. The molecular weight excluding hydrogens is 388 g/mol. The van der Waals surface area contributed by atoms with Gasteiger partial charge in [0.05, 0.1) is 11.7 Å². The van der Waals surface area contributed by atoms with Crippen LogP contribution in [0.3, 0.4) is 0 Å². The first-order valence-corrected chi connectivity index (χ1v) is 10.5. The summed E-state index contributed by atoms with van der Waals surface area (Å²) >= 11 is 1.46. The second kappa shape index (κ2) is 8.16. The van der Waals surface area contributed by atoms with Crippen LogP contribution in [-0.4, -0.2) is 27.5 Å². The smallest absolute Gasteiger partial charge is 0.321 e. The van der Waals surface area contributed by atoms with Crippen molar-refractivity contribution in [1.29, 1.82) is 0 Å². The van der Waals surface area contributed by atoms with Crippen LogP contribution in [-0.2, 0) is 11.3 Å². The van der Waals surface area contributed by atoms with Gasteiger partial charge in [-0.25, -0.2) is 9.78 Å². The van der Waals surface area contributed by atoms with E-state index in [4.69, 9.17) is 0 Å². The van der Waals surface area contributed by atoms with Gasteiger partial charge >= 0.3 is 6.03 Å². The number of hydrogen-bond acceptors (Lipinski definition) is 5. The summed E-state index contributed by atoms with van der Waals surface area (Å²) in [5.74, 6) is -0.542. The molecule has 0 spiro atoms. The molecule has 1 aliphatic rings. The van der Waals surface area contributed by atoms with E-state index in [9.17, 15) is 14.4 Å². The molecule has 0 bridgehead atoms. The Bertz CT molecular complexity index is 1110. The van der Waals surface area contributed by atoms with Gasteiger partial charge in [-0.3, -0.25) is 19.5 Å². The SMILES string of the molecule is Cc1c(-c2ccccc2)sc2ncn(CC(=O)NC(=O)NC3CCCC3)c(=O)c12. The number of benzene rings is 1. The van der Waals surface area contributed by atoms with Gasteiger partial charge in [-0.15, -0.1) is 11.3 Å². The number of nitrogens with zero attached hydrogens (tertiary/aromatic N) is 2. The van der Waals surface area contributed by atoms with Crippen molar-refractivity contribution in [3.8, 4) is 10.4 Å². The van der Waals surface area contributed by atoms with Crippen LogP contribution in [0.5, 0.6) is 0 Å². The van der Waals surface area contributed by atoms with Gasteiger partial charge in [0.2, 0.25) is 5.91 Å². The summed E-state index contributed by atoms with van der Waals surface area (Å²) in [5.41, 5.74) is 1.60. The molecule has 1 aliphatic carbocycles. The minimum absolute atomic E-state index is 0.119. The van der Waals surface area contributed by atoms with E-state index in [1.54, 1.807) is 0 Å². The van der Waals surface area contributed by atoms with Crippen molar-refractivity contribution in [2.24, 2.45) is 0 Å². The number of urea groups is 1. The molecule has 1 saturated carbocycles. The molecule has 2 N–H and O–H groups in total. The Kier molecular flexibility index (Phi) is 5.44. The lowest BCUT2D eigenvalue weighted by molar-refractivity contribution is -0.120. The molecule has 0 unspecified atom stereocenters. The van der Waals surface area contributed by atoms with E-state index in [-0.39, 0.29) is 18.1 Å². The van der Waals surface area contributed by atoms with E-state index in [0.29, 0.717) is 10.2 Å². The Hall–Kier alpha value is -3.00. The second-order valence-electron chi connectivity index (χ2n) is 7.28. The molecule has 0 atom stereocenters. The zero-order chi connectivity index (χ0) is 20.4. The van der Waals surface area contributed by atoms with E-state index < -0.39 is 11.9 Å². The summed E-state index contributed by atoms with van der Waals surface area (Å²) in [6, 6.07) is 9.44. The Morgan fingerprint density at radius 2 is 1.93 bits per heavy atom. The van der Waals surface area contributed by atoms with Crippen LogP contribution in [0.25, 0.3) is 20.7 Å². The third-order valence-corrected chi connectivity index (χ3v) is 6.46. The van der Waals surface area contributed by atoms with Crippen LogP contribution in [0, 0.1) is 6.92 Å². The van der Waals surface area contributed by atoms with Gasteiger partial charge in [0.15, 0.2) is 0 Å². The van der Waals surface area contributed by atoms with Gasteiger partial charge in [-0.1, -0.05) is 43.2 Å². The first-order chi connectivity index (χ1) is 14.0. The van der Waals surface area contributed by atoms with Gasteiger partial charge in [-0.05, 0) is 30.9 Å². The van der Waals surface area contributed by atoms with Crippen LogP contribution >= 0.6 is 11.3 Å². The van der Waals surface area contributed by atoms with E-state index in [2.05, 4.69) is 15.6 Å². The summed E-state index contributed by atoms with van der Waals surface area (Å²) in [5, 5.41) is 5.61. The Morgan fingerprint density at radius 3 is 2.66 bits per heavy atom. The number of aryl methyl sites for hydroxylation is 1. The lowest BCUT2D eigenvalue weighted by atomic mass is 10.1. The Labute approximate surface area is 171 Å². The molecule has 3 aromatic rings. The van der Waals surface area contributed by atoms with Crippen molar-refractivity contribution < 1.29 is 9.59 Å². The first-order valence-electron chi connectivity index (χ1n) is 9.67. The van der Waals surface area contributed by atoms with Gasteiger partial charge in [0.1, 0.15) is 11.4 Å². The van der Waals surface area contributed by atoms with Crippen LogP contribution in [0.15, 0.2) is 41.5 Å². The van der Waals surface area contributed by atoms with Crippen molar-refractivity contribution in [3.63, 3.8) is 0 Å². The number of aromatic nitrogens is 2. The number of amides is 3. The fraction of sp³-hybridized carbons (Fsp3) is 0.333. The molecule has 1 aromatic carbocycles. The molecule has 4 rings (SSSR count). The van der Waals surface area contributed by atoms with Crippen molar-refractivity contribution in [3.05, 3.63) is 52.6 Å². The average Bonchev–Trinajstić information content (AvgIpc) is 3.32. The molecular formula is C21H22N4O3S. The second-order valence-corrected chi connectivity index (χ2v) is 8.28. The zero-order valence-electron chi connectivity index (χ0n) is 16.1. The predicted octanol–water partition coefficient (Wildman–Crippen LogP) is 3.20. The highest BCUT2D eigenvalue weighted by Crippen LogP contribution is 2.35. The van der Waals surface area contributed by atoms with Gasteiger partial charge in [0.25, 0.3) is 5.56 Å². The van der Waals surface area contributed by atoms with E-state index >= 15 is 0 Å². The molecule has 0 radical (unpaired) electrons. The molecule has 0 aliphatic heterocycles. The monoisotopic (exact) mass is 410 g/mol. The standard InChI is InChI=1S/C21H22N4O3S/c1-13-17-19(29-18(13)14-7-3-2-4-8-14)22-12-25(20(17)27)11-16(26)24-21(28)23-15-9-5-6-10-15/h2-4,7-8,12,15H,5-6,9-11H2,1H3,(H2,23,24,26,28). The average molecular weight is 410 g/mol. The van der Waals surface area contributed by atoms with Crippen LogP contribution in [0.2, 0.25) is 0 Å². The van der Waals surface area contributed by atoms with Crippen LogP contribution < -0.4 is 16.2 Å². The number of rotatable bonds is 4. The molecule has 0 saturated heterocycles. The third-order valence-electron chi connectivity index (χ3n) is 5.21. The van der Waals surface area contributed by atoms with Crippen molar-refractivity contribution in [2.45, 2.75) is 45.2 Å². The van der Waals surface area contributed by atoms with Gasteiger partial charge in [-0.2, -0.15) is 0 Å². The van der Waals surface area contributed by atoms with Crippen molar-refractivity contribution in [1.82, 2.24) is 20.2 Å². The quantitative estimate of drug-likeness (QED) is 0.691. The summed E-state index contributed by atoms with van der Waals surface area (Å²) in [6.45, 7) is 1.64. The van der Waals surface area contributed by atoms with Crippen molar-refractivity contribution in [2.75, 3.05) is 0 Å². The number of imide groups is 1. The maximum Gasteiger partial charge on any atom is 0.321 e. The molecule has 29 heavy (non-hydrogen) atoms. The fourth-order valence-electron chi connectivity index (χ4n) is 3.75. The number of carbonyl (C=O) groups excluding carboxylic acids is 2. The van der Waals surface area contributed by atoms with Gasteiger partial charge < -0.3 is 5.32 Å². The fourth-order valence-corrected chi connectivity index (χ4v) is 4.89. The highest BCUT2D eigenvalue weighted by atomic mass is 32.1. The lowest BCUT2D eigenvalue weighted by Crippen LogP contribution is -2.45. The highest BCUT2D eigenvalue weighted by molar-refractivity contribution is 7.22. The van der Waals surface area contributed by atoms with E-state index in [1.807, 2.05) is 37.3 Å². The summed E-state index contributed by atoms with van der Waals surface area (Å²) in [4.78, 5) is 43.1. The number of hydrogen-bond donors (Lipinski definition) is 2. The number of fused-ring (bicyclic) bond motifs is 1. The predicted molar refractivity (Wildman–Crippen MR) is 113 cm³/mol. The molecule has 2 heterocycles. The van der Waals surface area contributed by atoms with Crippen molar-refractivity contribution >= 4 is 33.5 Å². The molecule has 8 heteroatoms. The maximum atomic E-state index is 12.9. The molecule has 3 amide bonds. The number of carbonyl (C=O) groups is 2. The summed E-state index contributed by atoms with van der Waals surface area (Å²) < 4.78 is 1.25. The molecule has 1 fully saturated rings. The maximum absolute atomic E-state index is 12.9. The zero-order valence-corrected chi connectivity index (χ0v) is 16.9. The topological polar surface area (TPSA) is 93.1 Å². The minimum Gasteiger partial charge on any atom is -0.335 e. The highest BCUT2D eigenvalue weighted by Gasteiger charge is 2.20. The Balaban J connectivity index is 1.53. The summed E-state index contributed by atoms with van der Waals surface area (Å²) in [7, 11) is 0. The normalized spacial score (nSPS) is 14.2. The van der Waals surface area contributed by atoms with E-state index in [1.165, 1.54) is 22.2 Å². The van der Waals surface area contributed by atoms with Gasteiger partial charge in [0, 0.05) is 10.9 Å². The van der Waals surface area contributed by atoms with E-state index in [0.717, 1.165) is 41.7 Å². The third kappa shape index (κ3) is 4.07. The number of thiophene rings is 1. The first kappa shape index (κ1) is 19.3. The largest absolute Gasteiger partial charge is 0.335 e. The Morgan fingerprint density at radius 1 is 1.21 bits per heavy atom. The lowest BCUT2D eigenvalue weighted by Gasteiger charge is -2.12. The molecule has 150 valence electrons. The molecule has 2 aromatic heterocycles. The number of nitrogens with one attached hydrogen (secondary N) is 2. The summed E-state index contributed by atoms with van der Waals surface area (Å²) in [6.07, 6.45) is 5.41. The molecule has 7 nitrogen and oxygen atoms in total. The van der Waals surface area contributed by atoms with Crippen LogP contribution in [0.1, 0.15) is 31.2 Å². The van der Waals surface area contributed by atoms with Crippen LogP contribution in [0.4, 0.5) is 4.79 Å².